The molecule has 0 aliphatic heterocycles. The highest BCUT2D eigenvalue weighted by Gasteiger charge is 2.11. The molecule has 0 aliphatic rings. The molecule has 0 radical (unpaired) electrons. The monoisotopic (exact) mass is 186 g/mol. The molecule has 0 aromatic rings. The van der Waals surface area contributed by atoms with Crippen molar-refractivity contribution < 1.29 is 0 Å². The van der Waals surface area contributed by atoms with Gasteiger partial charge < -0.3 is 11.1 Å². The summed E-state index contributed by atoms with van der Waals surface area (Å²) in [6.45, 7) is 10.9. The van der Waals surface area contributed by atoms with Crippen molar-refractivity contribution >= 4 is 17.2 Å². The molecule has 0 fully saturated rings. The lowest BCUT2D eigenvalue weighted by atomic mass is 9.91. The van der Waals surface area contributed by atoms with Gasteiger partial charge in [-0.05, 0) is 11.8 Å². The van der Waals surface area contributed by atoms with E-state index in [2.05, 4.69) is 32.7 Å². The largest absolute Gasteiger partial charge is 0.392 e. The summed E-state index contributed by atoms with van der Waals surface area (Å²) in [5.74, 6) is 0. The fourth-order valence-corrected chi connectivity index (χ4v) is 0.987. The molecule has 0 spiro atoms. The van der Waals surface area contributed by atoms with Crippen molar-refractivity contribution in [1.29, 1.82) is 0 Å². The van der Waals surface area contributed by atoms with E-state index in [-0.39, 0.29) is 5.41 Å². The second-order valence-electron chi connectivity index (χ2n) is 4.16. The Kier molecular flexibility index (Phi) is 4.24. The predicted octanol–water partition coefficient (Wildman–Crippen LogP) is 1.81. The van der Waals surface area contributed by atoms with E-state index in [1.54, 1.807) is 0 Å². The summed E-state index contributed by atoms with van der Waals surface area (Å²) in [7, 11) is 0. The van der Waals surface area contributed by atoms with Crippen LogP contribution in [0.4, 0.5) is 0 Å². The van der Waals surface area contributed by atoms with Gasteiger partial charge in [0.05, 0.1) is 11.5 Å². The van der Waals surface area contributed by atoms with Crippen LogP contribution < -0.4 is 11.1 Å². The van der Waals surface area contributed by atoms with Crippen molar-refractivity contribution in [3.8, 4) is 0 Å². The minimum Gasteiger partial charge on any atom is -0.392 e. The number of nitrogens with two attached hydrogens (primary N) is 1. The van der Waals surface area contributed by atoms with Gasteiger partial charge in [0.2, 0.25) is 0 Å². The molecular formula is C9H18N2S. The molecule has 0 unspecified atom stereocenters. The Morgan fingerprint density at radius 2 is 2.00 bits per heavy atom. The van der Waals surface area contributed by atoms with E-state index < -0.39 is 0 Å². The molecule has 0 saturated heterocycles. The zero-order valence-electron chi connectivity index (χ0n) is 8.11. The van der Waals surface area contributed by atoms with Crippen molar-refractivity contribution in [2.24, 2.45) is 11.1 Å². The summed E-state index contributed by atoms with van der Waals surface area (Å²) in [5.41, 5.74) is 6.59. The van der Waals surface area contributed by atoms with Gasteiger partial charge in [0.25, 0.3) is 0 Å². The van der Waals surface area contributed by atoms with Crippen LogP contribution in [0.25, 0.3) is 0 Å². The zero-order chi connectivity index (χ0) is 9.78. The Hall–Kier alpha value is -0.570. The van der Waals surface area contributed by atoms with Crippen LogP contribution in [0, 0.1) is 5.41 Å². The minimum atomic E-state index is 0.264. The molecule has 0 heterocycles. The van der Waals surface area contributed by atoms with Crippen LogP contribution in [0.15, 0.2) is 12.3 Å². The van der Waals surface area contributed by atoms with Crippen molar-refractivity contribution in [3.05, 3.63) is 12.3 Å². The number of hydrogen-bond acceptors (Lipinski definition) is 2. The number of hydrogen-bond donors (Lipinski definition) is 2. The molecule has 0 aliphatic carbocycles. The molecule has 0 atom stereocenters. The number of nitrogens with one attached hydrogen (secondary N) is 1. The third-order valence-corrected chi connectivity index (χ3v) is 1.40. The van der Waals surface area contributed by atoms with E-state index in [0.717, 1.165) is 12.1 Å². The summed E-state index contributed by atoms with van der Waals surface area (Å²) in [4.78, 5) is 0.477. The molecule has 12 heavy (non-hydrogen) atoms. The van der Waals surface area contributed by atoms with Crippen molar-refractivity contribution in [2.75, 3.05) is 6.54 Å². The number of allylic oxidation sites excluding steroid dienone is 1. The highest BCUT2D eigenvalue weighted by atomic mass is 32.1. The second kappa shape index (κ2) is 4.45. The van der Waals surface area contributed by atoms with E-state index in [0.29, 0.717) is 11.5 Å². The summed E-state index contributed by atoms with van der Waals surface area (Å²) in [6, 6.07) is 0. The predicted molar refractivity (Wildman–Crippen MR) is 58.0 cm³/mol. The molecule has 0 amide bonds. The van der Waals surface area contributed by atoms with E-state index >= 15 is 0 Å². The standard InChI is InChI=1S/C9H18N2S/c1-7(5-9(2,3)4)11-6-8(10)12/h11H,1,5-6H2,2-4H3,(H2,10,12). The van der Waals surface area contributed by atoms with Crippen LogP contribution in [-0.2, 0) is 0 Å². The van der Waals surface area contributed by atoms with Crippen LogP contribution >= 0.6 is 12.2 Å². The van der Waals surface area contributed by atoms with Gasteiger partial charge in [-0.2, -0.15) is 0 Å². The Morgan fingerprint density at radius 1 is 1.50 bits per heavy atom. The number of rotatable bonds is 4. The average molecular weight is 186 g/mol. The lowest BCUT2D eigenvalue weighted by molar-refractivity contribution is 0.401. The smallest absolute Gasteiger partial charge is 0.0921 e. The fraction of sp³-hybridized carbons (Fsp3) is 0.667. The Bertz CT molecular complexity index is 179. The van der Waals surface area contributed by atoms with Crippen LogP contribution in [0.2, 0.25) is 0 Å². The Labute approximate surface area is 80.2 Å². The van der Waals surface area contributed by atoms with Crippen LogP contribution in [-0.4, -0.2) is 11.5 Å². The molecule has 0 aromatic carbocycles. The fourth-order valence-electron chi connectivity index (χ4n) is 0.915. The SMILES string of the molecule is C=C(CC(C)(C)C)NCC(N)=S. The highest BCUT2D eigenvalue weighted by molar-refractivity contribution is 7.80. The van der Waals surface area contributed by atoms with E-state index in [4.69, 9.17) is 18.0 Å². The minimum absolute atomic E-state index is 0.264. The normalized spacial score (nSPS) is 10.9. The second-order valence-corrected chi connectivity index (χ2v) is 4.69. The van der Waals surface area contributed by atoms with Crippen LogP contribution in [0.1, 0.15) is 27.2 Å². The van der Waals surface area contributed by atoms with Crippen molar-refractivity contribution in [3.63, 3.8) is 0 Å². The summed E-state index contributed by atoms with van der Waals surface area (Å²) >= 11 is 4.73. The van der Waals surface area contributed by atoms with E-state index in [1.807, 2.05) is 0 Å². The lowest BCUT2D eigenvalue weighted by Crippen LogP contribution is -2.27. The van der Waals surface area contributed by atoms with Gasteiger partial charge in [-0.25, -0.2) is 0 Å². The maximum atomic E-state index is 5.33. The maximum absolute atomic E-state index is 5.33. The van der Waals surface area contributed by atoms with Gasteiger partial charge >= 0.3 is 0 Å². The van der Waals surface area contributed by atoms with E-state index in [9.17, 15) is 0 Å². The molecule has 2 nitrogen and oxygen atoms in total. The molecule has 3 heteroatoms. The maximum Gasteiger partial charge on any atom is 0.0921 e. The molecule has 0 saturated carbocycles. The lowest BCUT2D eigenvalue weighted by Gasteiger charge is -2.20. The first-order valence-corrected chi connectivity index (χ1v) is 4.42. The highest BCUT2D eigenvalue weighted by Crippen LogP contribution is 2.21. The average Bonchev–Trinajstić information content (AvgIpc) is 1.79. The van der Waals surface area contributed by atoms with E-state index in [1.165, 1.54) is 0 Å². The molecule has 0 rings (SSSR count). The quantitative estimate of drug-likeness (QED) is 0.658. The van der Waals surface area contributed by atoms with Gasteiger partial charge in [0.1, 0.15) is 0 Å². The summed E-state index contributed by atoms with van der Waals surface area (Å²) in [6.07, 6.45) is 0.940. The van der Waals surface area contributed by atoms with Crippen molar-refractivity contribution in [2.45, 2.75) is 27.2 Å². The molecule has 0 bridgehead atoms. The molecule has 70 valence electrons. The number of thiocarbonyl (C=S) groups is 1. The summed E-state index contributed by atoms with van der Waals surface area (Å²) in [5, 5.41) is 3.08. The Morgan fingerprint density at radius 3 is 2.33 bits per heavy atom. The first-order chi connectivity index (χ1) is 5.31. The molecular weight excluding hydrogens is 168 g/mol. The topological polar surface area (TPSA) is 38.0 Å². The van der Waals surface area contributed by atoms with Crippen molar-refractivity contribution in [1.82, 2.24) is 5.32 Å². The van der Waals surface area contributed by atoms with Gasteiger partial charge in [0, 0.05) is 5.70 Å². The Balaban J connectivity index is 3.68. The molecule has 0 aromatic heterocycles. The third-order valence-electron chi connectivity index (χ3n) is 1.26. The van der Waals surface area contributed by atoms with Gasteiger partial charge in [-0.3, -0.25) is 0 Å². The zero-order valence-corrected chi connectivity index (χ0v) is 8.92. The first kappa shape index (κ1) is 11.4. The first-order valence-electron chi connectivity index (χ1n) is 4.01. The van der Waals surface area contributed by atoms with Gasteiger partial charge in [0.15, 0.2) is 0 Å². The molecule has 3 N–H and O–H groups in total. The van der Waals surface area contributed by atoms with Crippen LogP contribution in [0.5, 0.6) is 0 Å². The van der Waals surface area contributed by atoms with Gasteiger partial charge in [-0.15, -0.1) is 0 Å². The third kappa shape index (κ3) is 7.54. The summed E-state index contributed by atoms with van der Waals surface area (Å²) < 4.78 is 0. The van der Waals surface area contributed by atoms with Crippen LogP contribution in [0.3, 0.4) is 0 Å². The van der Waals surface area contributed by atoms with Gasteiger partial charge in [-0.1, -0.05) is 39.6 Å².